The van der Waals surface area contributed by atoms with E-state index in [2.05, 4.69) is 197 Å². The molecule has 0 fully saturated rings. The molecule has 0 aliphatic heterocycles. The predicted octanol–water partition coefficient (Wildman–Crippen LogP) is 16.0. The Bertz CT molecular complexity index is 3580. The Hall–Kier alpha value is -6.12. The molecule has 6 aromatic carbocycles. The molecule has 8 heteroatoms. The van der Waals surface area contributed by atoms with Crippen molar-refractivity contribution < 1.29 is 28.9 Å². The fraction of sp³-hybridized carbons (Fsp3) is 0.217. The molecule has 68 heavy (non-hydrogen) atoms. The minimum atomic E-state index is -1.87. The van der Waals surface area contributed by atoms with Gasteiger partial charge in [-0.2, -0.15) is 0 Å². The van der Waals surface area contributed by atoms with Gasteiger partial charge in [0.25, 0.3) is 0 Å². The molecule has 0 spiro atoms. The maximum Gasteiger partial charge on any atom is 0.121 e. The van der Waals surface area contributed by atoms with E-state index in [9.17, 15) is 0 Å². The van der Waals surface area contributed by atoms with Crippen molar-refractivity contribution in [1.82, 2.24) is 19.5 Å². The molecular formula is C60H56GeIrN4O2-2. The first-order chi connectivity index (χ1) is 32.2. The Morgan fingerprint density at radius 3 is 1.87 bits per heavy atom. The maximum absolute atomic E-state index is 6.66. The number of aromatic nitrogens is 4. The first-order valence-corrected chi connectivity index (χ1v) is 30.7. The van der Waals surface area contributed by atoms with Gasteiger partial charge >= 0.3 is 163 Å². The van der Waals surface area contributed by atoms with Crippen molar-refractivity contribution >= 4 is 72.6 Å². The number of furan rings is 2. The van der Waals surface area contributed by atoms with Crippen LogP contribution in [0, 0.1) is 12.1 Å². The van der Waals surface area contributed by atoms with Gasteiger partial charge in [-0.3, -0.25) is 4.98 Å². The van der Waals surface area contributed by atoms with Crippen LogP contribution in [0.4, 0.5) is 0 Å². The Kier molecular flexibility index (Phi) is 12.7. The van der Waals surface area contributed by atoms with E-state index in [0.29, 0.717) is 11.8 Å². The molecule has 11 aromatic rings. The summed E-state index contributed by atoms with van der Waals surface area (Å²) in [6, 6.07) is 53.3. The smallest absolute Gasteiger partial charge is 0.121 e. The molecule has 343 valence electrons. The zero-order valence-corrected chi connectivity index (χ0v) is 44.9. The van der Waals surface area contributed by atoms with Crippen LogP contribution in [0.15, 0.2) is 155 Å². The van der Waals surface area contributed by atoms with E-state index < -0.39 is 13.3 Å². The monoisotopic (exact) mass is 1130 g/mol. The van der Waals surface area contributed by atoms with Crippen LogP contribution < -0.4 is 4.40 Å². The second kappa shape index (κ2) is 18.4. The zero-order valence-electron chi connectivity index (χ0n) is 40.4. The summed E-state index contributed by atoms with van der Waals surface area (Å²) in [7, 11) is 0. The predicted molar refractivity (Wildman–Crippen MR) is 281 cm³/mol. The Labute approximate surface area is 415 Å². The molecule has 0 saturated carbocycles. The van der Waals surface area contributed by atoms with Crippen molar-refractivity contribution in [3.63, 3.8) is 0 Å². The van der Waals surface area contributed by atoms with Crippen molar-refractivity contribution in [3.05, 3.63) is 175 Å². The van der Waals surface area contributed by atoms with Gasteiger partial charge in [0.05, 0.1) is 22.4 Å². The van der Waals surface area contributed by atoms with Crippen molar-refractivity contribution in [2.24, 2.45) is 0 Å². The summed E-state index contributed by atoms with van der Waals surface area (Å²) in [5, 5.41) is 4.27. The molecule has 0 saturated heterocycles. The molecule has 0 bridgehead atoms. The van der Waals surface area contributed by atoms with E-state index in [1.54, 1.807) is 0 Å². The Morgan fingerprint density at radius 2 is 1.22 bits per heavy atom. The minimum absolute atomic E-state index is 0. The van der Waals surface area contributed by atoms with Crippen molar-refractivity contribution in [3.8, 4) is 39.5 Å². The molecule has 0 aliphatic rings. The van der Waals surface area contributed by atoms with Gasteiger partial charge in [0.1, 0.15) is 5.58 Å². The summed E-state index contributed by atoms with van der Waals surface area (Å²) in [6.07, 6.45) is 3.96. The number of fused-ring (bicyclic) bond motifs is 7. The number of rotatable bonds is 7. The molecule has 5 aromatic heterocycles. The first-order valence-electron chi connectivity index (χ1n) is 23.4. The van der Waals surface area contributed by atoms with Gasteiger partial charge in [0, 0.05) is 31.2 Å². The summed E-state index contributed by atoms with van der Waals surface area (Å²) in [6.45, 7) is 15.5. The Balaban J connectivity index is 0.000000180. The van der Waals surface area contributed by atoms with Crippen molar-refractivity contribution in [2.75, 3.05) is 0 Å². The third-order valence-electron chi connectivity index (χ3n) is 12.9. The van der Waals surface area contributed by atoms with Crippen LogP contribution in [0.5, 0.6) is 0 Å². The number of pyridine rings is 2. The summed E-state index contributed by atoms with van der Waals surface area (Å²) < 4.78 is 16.7. The van der Waals surface area contributed by atoms with Gasteiger partial charge in [0.2, 0.25) is 0 Å². The number of hydrogen-bond acceptors (Lipinski definition) is 5. The van der Waals surface area contributed by atoms with E-state index in [1.807, 2.05) is 36.7 Å². The van der Waals surface area contributed by atoms with E-state index in [-0.39, 0.29) is 25.5 Å². The van der Waals surface area contributed by atoms with Gasteiger partial charge in [0.15, 0.2) is 0 Å². The van der Waals surface area contributed by atoms with E-state index in [1.165, 1.54) is 26.8 Å². The molecule has 0 unspecified atom stereocenters. The average Bonchev–Trinajstić information content (AvgIpc) is 4.02. The second-order valence-corrected chi connectivity index (χ2v) is 31.0. The van der Waals surface area contributed by atoms with Crippen LogP contribution in [0.3, 0.4) is 0 Å². The molecule has 5 heterocycles. The van der Waals surface area contributed by atoms with Gasteiger partial charge < -0.3 is 8.98 Å². The normalized spacial score (nSPS) is 12.1. The van der Waals surface area contributed by atoms with Crippen molar-refractivity contribution in [1.29, 1.82) is 0 Å². The van der Waals surface area contributed by atoms with Crippen LogP contribution in [0.25, 0.3) is 94.4 Å². The van der Waals surface area contributed by atoms with E-state index >= 15 is 0 Å². The number of imidazole rings is 1. The average molecular weight is 1130 g/mol. The SMILES string of the molecule is CC(C)(C)c1cc2oc3c(-c4cc[c]([Ge]([CH3])([CH3])[CH3])cn4)[c-]ccc3c2cn1.CC(C)c1cccc(C(C)C)c1-n1c(-c2[c-]ccc3c2oc2cc(-c4ccccc4)ccc23)nc2ccccc21.[Ir]. The summed E-state index contributed by atoms with van der Waals surface area (Å²) in [4.78, 5) is 14.6. The van der Waals surface area contributed by atoms with Gasteiger partial charge in [-0.05, 0) is 52.3 Å². The zero-order chi connectivity index (χ0) is 46.8. The van der Waals surface area contributed by atoms with Crippen LogP contribution >= 0.6 is 0 Å². The fourth-order valence-corrected chi connectivity index (χ4v) is 11.3. The molecule has 0 amide bonds. The van der Waals surface area contributed by atoms with Crippen molar-refractivity contribution in [2.45, 2.75) is 83.0 Å². The first kappa shape index (κ1) is 47.0. The van der Waals surface area contributed by atoms with Crippen LogP contribution in [-0.2, 0) is 25.5 Å². The number of benzene rings is 6. The maximum atomic E-state index is 6.66. The topological polar surface area (TPSA) is 69.9 Å². The largest absolute Gasteiger partial charge is 0.501 e. The van der Waals surface area contributed by atoms with Crippen LogP contribution in [0.1, 0.15) is 77.1 Å². The van der Waals surface area contributed by atoms with E-state index in [4.69, 9.17) is 18.8 Å². The molecule has 1 radical (unpaired) electrons. The van der Waals surface area contributed by atoms with Gasteiger partial charge in [-0.1, -0.05) is 111 Å². The number of hydrogen-bond donors (Lipinski definition) is 0. The number of nitrogens with zero attached hydrogens (tertiary/aromatic N) is 4. The molecule has 0 atom stereocenters. The summed E-state index contributed by atoms with van der Waals surface area (Å²) in [5.41, 5.74) is 15.2. The second-order valence-electron chi connectivity index (χ2n) is 20.3. The van der Waals surface area contributed by atoms with Gasteiger partial charge in [-0.25, -0.2) is 0 Å². The standard InChI is InChI=1S/C37H31N2O.C23H25GeN2O.Ir/c1-23(2)27-14-10-15-28(24(3)4)35(27)39-33-19-9-8-18-32(33)38-37(39)31-17-11-16-30-29-21-20-26(22-34(29)40-36(30)31)25-12-6-5-7-13-25;1-23(2,3)21-12-20-18(14-26-21)16-8-7-9-17(22(16)27-20)19-11-10-15(13-25-19)24(4,5)6;/h5-16,18-24H,1-4H3;7-8,10-14H,1-6H3;/q2*-1;. The molecule has 0 N–H and O–H groups in total. The van der Waals surface area contributed by atoms with Gasteiger partial charge in [-0.15, -0.1) is 18.2 Å². The molecular weight excluding hydrogens is 1070 g/mol. The Morgan fingerprint density at radius 1 is 0.588 bits per heavy atom. The van der Waals surface area contributed by atoms with Crippen LogP contribution in [0.2, 0.25) is 17.3 Å². The number of para-hydroxylation sites is 3. The molecule has 0 aliphatic carbocycles. The molecule has 6 nitrogen and oxygen atoms in total. The third kappa shape index (κ3) is 8.65. The van der Waals surface area contributed by atoms with Crippen LogP contribution in [-0.4, -0.2) is 32.8 Å². The summed E-state index contributed by atoms with van der Waals surface area (Å²) >= 11 is -1.87. The van der Waals surface area contributed by atoms with E-state index in [0.717, 1.165) is 88.8 Å². The summed E-state index contributed by atoms with van der Waals surface area (Å²) in [5.74, 6) is 8.69. The third-order valence-corrected chi connectivity index (χ3v) is 17.1. The molecule has 11 rings (SSSR count). The fourth-order valence-electron chi connectivity index (χ4n) is 9.13. The minimum Gasteiger partial charge on any atom is -0.501 e. The quantitative estimate of drug-likeness (QED) is 0.117.